The Morgan fingerprint density at radius 1 is 1.10 bits per heavy atom. The second-order valence-corrected chi connectivity index (χ2v) is 4.48. The molecule has 3 nitrogen and oxygen atoms in total. The van der Waals surface area contributed by atoms with Crippen molar-refractivity contribution in [2.45, 2.75) is 13.1 Å². The number of hydrogen-bond donors (Lipinski definition) is 2. The summed E-state index contributed by atoms with van der Waals surface area (Å²) in [5.41, 5.74) is 9.13. The lowest BCUT2D eigenvalue weighted by molar-refractivity contribution is -0.136. The quantitative estimate of drug-likeness (QED) is 0.508. The number of halogens is 3. The summed E-state index contributed by atoms with van der Waals surface area (Å²) < 4.78 is 38.5. The van der Waals surface area contributed by atoms with E-state index in [4.69, 9.17) is 5.73 Å². The second-order valence-electron chi connectivity index (χ2n) is 4.48. The van der Waals surface area contributed by atoms with Gasteiger partial charge in [0.1, 0.15) is 0 Å². The molecule has 0 saturated carbocycles. The van der Waals surface area contributed by atoms with Crippen molar-refractivity contribution in [2.75, 3.05) is 11.2 Å². The van der Waals surface area contributed by atoms with Crippen LogP contribution in [0.5, 0.6) is 0 Å². The SMILES string of the molecule is C/C(=N/Nc1ccccc1C(F)(F)F)c1cccc(N)c1. The van der Waals surface area contributed by atoms with Crippen molar-refractivity contribution in [1.29, 1.82) is 0 Å². The highest BCUT2D eigenvalue weighted by molar-refractivity contribution is 5.99. The summed E-state index contributed by atoms with van der Waals surface area (Å²) >= 11 is 0. The van der Waals surface area contributed by atoms with Gasteiger partial charge in [-0.2, -0.15) is 18.3 Å². The molecule has 0 amide bonds. The average Bonchev–Trinajstić information content (AvgIpc) is 2.44. The number of alkyl halides is 3. The molecule has 0 heterocycles. The fraction of sp³-hybridized carbons (Fsp3) is 0.133. The lowest BCUT2D eigenvalue weighted by Crippen LogP contribution is -2.09. The van der Waals surface area contributed by atoms with E-state index >= 15 is 0 Å². The van der Waals surface area contributed by atoms with E-state index in [9.17, 15) is 13.2 Å². The summed E-state index contributed by atoms with van der Waals surface area (Å²) in [6.07, 6.45) is -4.43. The highest BCUT2D eigenvalue weighted by atomic mass is 19.4. The number of anilines is 2. The van der Waals surface area contributed by atoms with Gasteiger partial charge in [-0.1, -0.05) is 24.3 Å². The van der Waals surface area contributed by atoms with E-state index in [1.54, 1.807) is 31.2 Å². The Morgan fingerprint density at radius 3 is 2.48 bits per heavy atom. The van der Waals surface area contributed by atoms with Gasteiger partial charge in [0, 0.05) is 5.69 Å². The second kappa shape index (κ2) is 5.87. The predicted octanol–water partition coefficient (Wildman–Crippen LogP) is 4.12. The summed E-state index contributed by atoms with van der Waals surface area (Å²) in [5, 5.41) is 3.99. The maximum atomic E-state index is 12.8. The van der Waals surface area contributed by atoms with E-state index in [1.807, 2.05) is 0 Å². The number of benzene rings is 2. The molecule has 0 unspecified atom stereocenters. The minimum absolute atomic E-state index is 0.0896. The normalized spacial score (nSPS) is 12.3. The van der Waals surface area contributed by atoms with Crippen molar-refractivity contribution in [3.8, 4) is 0 Å². The summed E-state index contributed by atoms with van der Waals surface area (Å²) in [4.78, 5) is 0. The molecule has 21 heavy (non-hydrogen) atoms. The van der Waals surface area contributed by atoms with Crippen LogP contribution in [0.2, 0.25) is 0 Å². The number of nitrogens with zero attached hydrogens (tertiary/aromatic N) is 1. The molecule has 2 aromatic rings. The highest BCUT2D eigenvalue weighted by Crippen LogP contribution is 2.34. The number of nitrogen functional groups attached to an aromatic ring is 1. The summed E-state index contributed by atoms with van der Waals surface area (Å²) in [6.45, 7) is 1.69. The van der Waals surface area contributed by atoms with Crippen molar-refractivity contribution in [1.82, 2.24) is 0 Å². The molecule has 0 aliphatic carbocycles. The molecule has 2 aromatic carbocycles. The number of hydrogen-bond acceptors (Lipinski definition) is 3. The van der Waals surface area contributed by atoms with E-state index in [2.05, 4.69) is 10.5 Å². The van der Waals surface area contributed by atoms with Gasteiger partial charge >= 0.3 is 6.18 Å². The molecule has 0 radical (unpaired) electrons. The van der Waals surface area contributed by atoms with Crippen molar-refractivity contribution in [3.63, 3.8) is 0 Å². The molecule has 110 valence electrons. The fourth-order valence-electron chi connectivity index (χ4n) is 1.80. The fourth-order valence-corrected chi connectivity index (χ4v) is 1.80. The Kier molecular flexibility index (Phi) is 4.16. The van der Waals surface area contributed by atoms with Gasteiger partial charge < -0.3 is 5.73 Å². The number of hydrazone groups is 1. The van der Waals surface area contributed by atoms with E-state index in [1.165, 1.54) is 18.2 Å². The molecular formula is C15H14F3N3. The third-order valence-corrected chi connectivity index (χ3v) is 2.88. The van der Waals surface area contributed by atoms with Gasteiger partial charge in [-0.3, -0.25) is 5.43 Å². The Morgan fingerprint density at radius 2 is 1.81 bits per heavy atom. The van der Waals surface area contributed by atoms with Gasteiger partial charge in [0.25, 0.3) is 0 Å². The topological polar surface area (TPSA) is 50.4 Å². The molecule has 3 N–H and O–H groups in total. The molecule has 0 aliphatic heterocycles. The highest BCUT2D eigenvalue weighted by Gasteiger charge is 2.33. The van der Waals surface area contributed by atoms with Gasteiger partial charge in [-0.15, -0.1) is 0 Å². The van der Waals surface area contributed by atoms with Crippen LogP contribution in [-0.2, 0) is 6.18 Å². The minimum Gasteiger partial charge on any atom is -0.399 e. The number of rotatable bonds is 3. The largest absolute Gasteiger partial charge is 0.418 e. The van der Waals surface area contributed by atoms with Gasteiger partial charge in [-0.25, -0.2) is 0 Å². The van der Waals surface area contributed by atoms with Crippen LogP contribution in [0.3, 0.4) is 0 Å². The van der Waals surface area contributed by atoms with E-state index in [0.717, 1.165) is 11.6 Å². The zero-order valence-electron chi connectivity index (χ0n) is 11.3. The van der Waals surface area contributed by atoms with Crippen molar-refractivity contribution >= 4 is 17.1 Å². The average molecular weight is 293 g/mol. The van der Waals surface area contributed by atoms with Gasteiger partial charge in [0.15, 0.2) is 0 Å². The first-order valence-corrected chi connectivity index (χ1v) is 6.20. The van der Waals surface area contributed by atoms with Crippen LogP contribution in [0.4, 0.5) is 24.5 Å². The van der Waals surface area contributed by atoms with E-state index < -0.39 is 11.7 Å². The third kappa shape index (κ3) is 3.75. The van der Waals surface area contributed by atoms with E-state index in [-0.39, 0.29) is 5.69 Å². The van der Waals surface area contributed by atoms with E-state index in [0.29, 0.717) is 11.4 Å². The molecule has 0 aromatic heterocycles. The molecule has 6 heteroatoms. The van der Waals surface area contributed by atoms with Crippen LogP contribution in [-0.4, -0.2) is 5.71 Å². The Labute approximate surface area is 120 Å². The zero-order chi connectivity index (χ0) is 15.5. The van der Waals surface area contributed by atoms with Crippen molar-refractivity contribution in [3.05, 3.63) is 59.7 Å². The standard InChI is InChI=1S/C15H14F3N3/c1-10(11-5-4-6-12(19)9-11)20-21-14-8-3-2-7-13(14)15(16,17)18/h2-9,21H,19H2,1H3/b20-10-. The lowest BCUT2D eigenvalue weighted by atomic mass is 10.1. The molecule has 2 rings (SSSR count). The maximum Gasteiger partial charge on any atom is 0.418 e. The number of nitrogens with one attached hydrogen (secondary N) is 1. The Balaban J connectivity index is 2.25. The Bertz CT molecular complexity index is 663. The van der Waals surface area contributed by atoms with Gasteiger partial charge in [0.05, 0.1) is 17.0 Å². The summed E-state index contributed by atoms with van der Waals surface area (Å²) in [5.74, 6) is 0. The first-order valence-electron chi connectivity index (χ1n) is 6.20. The molecule has 0 saturated heterocycles. The first kappa shape index (κ1) is 14.9. The number of nitrogens with two attached hydrogens (primary N) is 1. The monoisotopic (exact) mass is 293 g/mol. The first-order chi connectivity index (χ1) is 9.88. The van der Waals surface area contributed by atoms with Crippen molar-refractivity contribution < 1.29 is 13.2 Å². The molecule has 0 bridgehead atoms. The maximum absolute atomic E-state index is 12.8. The Hall–Kier alpha value is -2.50. The minimum atomic E-state index is -4.43. The lowest BCUT2D eigenvalue weighted by Gasteiger charge is -2.12. The van der Waals surface area contributed by atoms with Crippen LogP contribution < -0.4 is 11.2 Å². The van der Waals surface area contributed by atoms with Gasteiger partial charge in [-0.05, 0) is 36.8 Å². The zero-order valence-corrected chi connectivity index (χ0v) is 11.3. The molecule has 0 fully saturated rings. The van der Waals surface area contributed by atoms with Gasteiger partial charge in [0.2, 0.25) is 0 Å². The third-order valence-electron chi connectivity index (χ3n) is 2.88. The van der Waals surface area contributed by atoms with Crippen LogP contribution in [0.25, 0.3) is 0 Å². The van der Waals surface area contributed by atoms with Crippen LogP contribution >= 0.6 is 0 Å². The molecule has 0 atom stereocenters. The number of para-hydroxylation sites is 1. The van der Waals surface area contributed by atoms with Crippen molar-refractivity contribution in [2.24, 2.45) is 5.10 Å². The predicted molar refractivity (Wildman–Crippen MR) is 78.1 cm³/mol. The summed E-state index contributed by atoms with van der Waals surface area (Å²) in [6, 6.07) is 12.2. The molecular weight excluding hydrogens is 279 g/mol. The molecule has 0 spiro atoms. The van der Waals surface area contributed by atoms with Crippen LogP contribution in [0, 0.1) is 0 Å². The summed E-state index contributed by atoms with van der Waals surface area (Å²) in [7, 11) is 0. The molecule has 0 aliphatic rings. The van der Waals surface area contributed by atoms with Crippen LogP contribution in [0.1, 0.15) is 18.1 Å². The smallest absolute Gasteiger partial charge is 0.399 e. The van der Waals surface area contributed by atoms with Crippen LogP contribution in [0.15, 0.2) is 53.6 Å².